The van der Waals surface area contributed by atoms with Crippen molar-refractivity contribution in [2.45, 2.75) is 6.92 Å². The Hall–Kier alpha value is -3.13. The molecule has 0 aliphatic heterocycles. The van der Waals surface area contributed by atoms with Gasteiger partial charge in [0.25, 0.3) is 17.5 Å². The number of para-hydroxylation sites is 1. The highest BCUT2D eigenvalue weighted by atomic mass is 35.5. The molecular formula is C16H14ClN3O5. The van der Waals surface area contributed by atoms with E-state index in [0.29, 0.717) is 5.75 Å². The minimum Gasteiger partial charge on any atom is -0.483 e. The van der Waals surface area contributed by atoms with Crippen LogP contribution < -0.4 is 15.6 Å². The summed E-state index contributed by atoms with van der Waals surface area (Å²) < 4.78 is 5.33. The van der Waals surface area contributed by atoms with Gasteiger partial charge >= 0.3 is 0 Å². The Kier molecular flexibility index (Phi) is 5.91. The highest BCUT2D eigenvalue weighted by Crippen LogP contribution is 2.21. The predicted octanol–water partition coefficient (Wildman–Crippen LogP) is 2.40. The van der Waals surface area contributed by atoms with E-state index in [2.05, 4.69) is 10.9 Å². The molecule has 8 nitrogen and oxygen atoms in total. The van der Waals surface area contributed by atoms with Gasteiger partial charge in [-0.25, -0.2) is 0 Å². The van der Waals surface area contributed by atoms with Crippen LogP contribution in [0.25, 0.3) is 0 Å². The molecule has 0 aliphatic rings. The average molecular weight is 364 g/mol. The minimum absolute atomic E-state index is 0.0218. The molecule has 0 aromatic heterocycles. The maximum Gasteiger partial charge on any atom is 0.276 e. The van der Waals surface area contributed by atoms with E-state index >= 15 is 0 Å². The lowest BCUT2D eigenvalue weighted by atomic mass is 10.2. The molecule has 0 radical (unpaired) electrons. The van der Waals surface area contributed by atoms with Crippen LogP contribution in [0.4, 0.5) is 5.69 Å². The van der Waals surface area contributed by atoms with Crippen molar-refractivity contribution in [2.24, 2.45) is 0 Å². The Morgan fingerprint density at radius 3 is 2.60 bits per heavy atom. The quantitative estimate of drug-likeness (QED) is 0.626. The Morgan fingerprint density at radius 1 is 1.20 bits per heavy atom. The van der Waals surface area contributed by atoms with Crippen LogP contribution in [0.2, 0.25) is 5.02 Å². The normalized spacial score (nSPS) is 10.0. The number of nitro benzene ring substituents is 1. The number of hydrogen-bond acceptors (Lipinski definition) is 5. The number of nitro groups is 1. The Bertz CT molecular complexity index is 825. The number of non-ortho nitro benzene ring substituents is 1. The van der Waals surface area contributed by atoms with E-state index in [1.807, 2.05) is 19.1 Å². The highest BCUT2D eigenvalue weighted by Gasteiger charge is 2.16. The van der Waals surface area contributed by atoms with Gasteiger partial charge in [-0.15, -0.1) is 0 Å². The molecule has 9 heteroatoms. The maximum absolute atomic E-state index is 12.0. The third-order valence-corrected chi connectivity index (χ3v) is 3.50. The number of carbonyl (C=O) groups excluding carboxylic acids is 2. The molecule has 0 saturated carbocycles. The van der Waals surface area contributed by atoms with E-state index in [1.165, 1.54) is 12.1 Å². The van der Waals surface area contributed by atoms with Crippen molar-refractivity contribution in [3.63, 3.8) is 0 Å². The van der Waals surface area contributed by atoms with Crippen molar-refractivity contribution < 1.29 is 19.2 Å². The fourth-order valence-electron chi connectivity index (χ4n) is 1.89. The fourth-order valence-corrected chi connectivity index (χ4v) is 2.10. The summed E-state index contributed by atoms with van der Waals surface area (Å²) in [6, 6.07) is 10.6. The van der Waals surface area contributed by atoms with Gasteiger partial charge in [0.1, 0.15) is 5.75 Å². The molecule has 2 N–H and O–H groups in total. The number of nitrogens with one attached hydrogen (secondary N) is 2. The zero-order valence-corrected chi connectivity index (χ0v) is 13.9. The number of benzene rings is 2. The van der Waals surface area contributed by atoms with Gasteiger partial charge in [-0.2, -0.15) is 0 Å². The number of rotatable bonds is 5. The predicted molar refractivity (Wildman–Crippen MR) is 90.4 cm³/mol. The van der Waals surface area contributed by atoms with Crippen LogP contribution in [0, 0.1) is 17.0 Å². The third-order valence-electron chi connectivity index (χ3n) is 3.17. The first-order valence-corrected chi connectivity index (χ1v) is 7.48. The molecule has 25 heavy (non-hydrogen) atoms. The van der Waals surface area contributed by atoms with Gasteiger partial charge < -0.3 is 4.74 Å². The second-order valence-corrected chi connectivity index (χ2v) is 5.38. The topological polar surface area (TPSA) is 111 Å². The molecule has 0 spiro atoms. The Balaban J connectivity index is 1.91. The number of hydrazine groups is 1. The number of carbonyl (C=O) groups is 2. The lowest BCUT2D eigenvalue weighted by molar-refractivity contribution is -0.384. The van der Waals surface area contributed by atoms with Crippen LogP contribution in [0.5, 0.6) is 5.75 Å². The van der Waals surface area contributed by atoms with Gasteiger partial charge in [-0.05, 0) is 24.6 Å². The molecule has 0 fully saturated rings. The minimum atomic E-state index is -0.780. The number of nitrogens with zero attached hydrogens (tertiary/aromatic N) is 1. The van der Waals surface area contributed by atoms with Gasteiger partial charge in [-0.3, -0.25) is 30.6 Å². The van der Waals surface area contributed by atoms with Gasteiger partial charge in [0.05, 0.1) is 15.5 Å². The molecule has 0 saturated heterocycles. The van der Waals surface area contributed by atoms with Gasteiger partial charge in [0.2, 0.25) is 0 Å². The van der Waals surface area contributed by atoms with Crippen LogP contribution in [0.3, 0.4) is 0 Å². The lowest BCUT2D eigenvalue weighted by Gasteiger charge is -2.10. The highest BCUT2D eigenvalue weighted by molar-refractivity contribution is 6.34. The maximum atomic E-state index is 12.0. The van der Waals surface area contributed by atoms with E-state index in [4.69, 9.17) is 16.3 Å². The van der Waals surface area contributed by atoms with Crippen LogP contribution in [0.1, 0.15) is 15.9 Å². The van der Waals surface area contributed by atoms with Crippen molar-refractivity contribution in [3.05, 3.63) is 68.7 Å². The molecule has 2 aromatic rings. The number of amides is 2. The van der Waals surface area contributed by atoms with Crippen molar-refractivity contribution in [1.82, 2.24) is 10.9 Å². The largest absolute Gasteiger partial charge is 0.483 e. The third kappa shape index (κ3) is 4.92. The van der Waals surface area contributed by atoms with Crippen molar-refractivity contribution in [3.8, 4) is 5.75 Å². The van der Waals surface area contributed by atoms with E-state index in [1.54, 1.807) is 12.1 Å². The van der Waals surface area contributed by atoms with Crippen molar-refractivity contribution >= 4 is 29.1 Å². The lowest BCUT2D eigenvalue weighted by Crippen LogP contribution is -2.44. The van der Waals surface area contributed by atoms with Gasteiger partial charge in [0.15, 0.2) is 6.61 Å². The number of hydrogen-bond donors (Lipinski definition) is 2. The summed E-state index contributed by atoms with van der Waals surface area (Å²) >= 11 is 5.85. The molecule has 0 atom stereocenters. The van der Waals surface area contributed by atoms with E-state index < -0.39 is 16.7 Å². The first-order valence-electron chi connectivity index (χ1n) is 7.10. The second kappa shape index (κ2) is 8.11. The number of halogens is 1. The smallest absolute Gasteiger partial charge is 0.276 e. The number of ether oxygens (including phenoxy) is 1. The molecule has 0 aliphatic carbocycles. The first-order chi connectivity index (χ1) is 11.9. The van der Waals surface area contributed by atoms with Crippen LogP contribution in [0.15, 0.2) is 42.5 Å². The van der Waals surface area contributed by atoms with Crippen molar-refractivity contribution in [2.75, 3.05) is 6.61 Å². The molecule has 2 rings (SSSR count). The molecule has 0 bridgehead atoms. The average Bonchev–Trinajstić information content (AvgIpc) is 2.59. The van der Waals surface area contributed by atoms with Crippen molar-refractivity contribution in [1.29, 1.82) is 0 Å². The molecule has 2 amide bonds. The zero-order valence-electron chi connectivity index (χ0n) is 13.1. The van der Waals surface area contributed by atoms with Crippen LogP contribution >= 0.6 is 11.6 Å². The van der Waals surface area contributed by atoms with Gasteiger partial charge in [-0.1, -0.05) is 29.8 Å². The molecule has 0 heterocycles. The van der Waals surface area contributed by atoms with Gasteiger partial charge in [0, 0.05) is 12.1 Å². The Morgan fingerprint density at radius 2 is 1.92 bits per heavy atom. The van der Waals surface area contributed by atoms with Crippen LogP contribution in [-0.2, 0) is 4.79 Å². The summed E-state index contributed by atoms with van der Waals surface area (Å²) in [7, 11) is 0. The second-order valence-electron chi connectivity index (χ2n) is 4.98. The summed E-state index contributed by atoms with van der Waals surface area (Å²) in [5, 5.41) is 10.8. The van der Waals surface area contributed by atoms with E-state index in [-0.39, 0.29) is 22.9 Å². The molecule has 0 unspecified atom stereocenters. The fraction of sp³-hybridized carbons (Fsp3) is 0.125. The monoisotopic (exact) mass is 363 g/mol. The summed E-state index contributed by atoms with van der Waals surface area (Å²) in [5.41, 5.74) is 4.73. The standard InChI is InChI=1S/C16H14ClN3O5/c1-10-4-2-3-5-14(10)25-9-15(21)18-19-16(22)12-8-11(20(23)24)6-7-13(12)17/h2-8H,9H2,1H3,(H,18,21)(H,19,22). The SMILES string of the molecule is Cc1ccccc1OCC(=O)NNC(=O)c1cc([N+](=O)[O-])ccc1Cl. The first kappa shape index (κ1) is 18.2. The summed E-state index contributed by atoms with van der Waals surface area (Å²) in [6.45, 7) is 1.52. The number of aryl methyl sites for hydroxylation is 1. The summed E-state index contributed by atoms with van der Waals surface area (Å²) in [5.74, 6) is -0.832. The Labute approximate surface area is 147 Å². The van der Waals surface area contributed by atoms with Crippen LogP contribution in [-0.4, -0.2) is 23.3 Å². The summed E-state index contributed by atoms with van der Waals surface area (Å²) in [4.78, 5) is 33.8. The van der Waals surface area contributed by atoms with E-state index in [9.17, 15) is 19.7 Å². The molecule has 2 aromatic carbocycles. The zero-order chi connectivity index (χ0) is 18.4. The summed E-state index contributed by atoms with van der Waals surface area (Å²) in [6.07, 6.45) is 0. The molecule has 130 valence electrons. The molecular weight excluding hydrogens is 350 g/mol. The van der Waals surface area contributed by atoms with E-state index in [0.717, 1.165) is 11.6 Å².